The van der Waals surface area contributed by atoms with Gasteiger partial charge in [0.05, 0.1) is 25.2 Å². The summed E-state index contributed by atoms with van der Waals surface area (Å²) in [7, 11) is 2.95. The number of anilines is 1. The standard InChI is InChI=1S/C26H21F4N5O3/c1-37-20-8-3-14(11-21(20)38-2)22-18(23-32-34-35-33-23)12-17(13-19(22)27)31-24(36)25(9-10-25)15-4-6-16(7-5-15)26(28,29)30/h3-8,11-13H,9-10H2,1-2H3,(H,31,36)(H,32,33,34,35). The Bertz CT molecular complexity index is 1480. The van der Waals surface area contributed by atoms with Gasteiger partial charge in [0.1, 0.15) is 5.82 Å². The molecule has 0 saturated heterocycles. The Morgan fingerprint density at radius 3 is 2.29 bits per heavy atom. The van der Waals surface area contributed by atoms with Gasteiger partial charge in [-0.25, -0.2) is 9.49 Å². The number of carbonyl (C=O) groups is 1. The maximum atomic E-state index is 15.6. The number of alkyl halides is 3. The summed E-state index contributed by atoms with van der Waals surface area (Å²) in [6.45, 7) is 0. The van der Waals surface area contributed by atoms with Gasteiger partial charge in [0.25, 0.3) is 0 Å². The van der Waals surface area contributed by atoms with Gasteiger partial charge in [-0.3, -0.25) is 4.79 Å². The van der Waals surface area contributed by atoms with Crippen molar-refractivity contribution in [3.63, 3.8) is 0 Å². The Labute approximate surface area is 214 Å². The fourth-order valence-corrected chi connectivity index (χ4v) is 4.42. The fourth-order valence-electron chi connectivity index (χ4n) is 4.42. The third kappa shape index (κ3) is 4.53. The zero-order valence-electron chi connectivity index (χ0n) is 20.2. The lowest BCUT2D eigenvalue weighted by Gasteiger charge is -2.18. The number of ether oxygens (including phenoxy) is 2. The predicted octanol–water partition coefficient (Wildman–Crippen LogP) is 5.38. The summed E-state index contributed by atoms with van der Waals surface area (Å²) in [5.41, 5.74) is -0.297. The van der Waals surface area contributed by atoms with E-state index in [-0.39, 0.29) is 22.6 Å². The smallest absolute Gasteiger partial charge is 0.416 e. The second-order valence-electron chi connectivity index (χ2n) is 8.81. The highest BCUT2D eigenvalue weighted by Crippen LogP contribution is 2.50. The van der Waals surface area contributed by atoms with Gasteiger partial charge in [0.15, 0.2) is 17.3 Å². The van der Waals surface area contributed by atoms with Gasteiger partial charge in [-0.1, -0.05) is 18.2 Å². The van der Waals surface area contributed by atoms with E-state index in [9.17, 15) is 18.0 Å². The van der Waals surface area contributed by atoms with Gasteiger partial charge in [-0.05, 0) is 70.8 Å². The number of rotatable bonds is 7. The second kappa shape index (κ2) is 9.43. The molecule has 0 bridgehead atoms. The molecule has 0 radical (unpaired) electrons. The lowest BCUT2D eigenvalue weighted by Crippen LogP contribution is -2.28. The van der Waals surface area contributed by atoms with Gasteiger partial charge in [-0.15, -0.1) is 5.10 Å². The van der Waals surface area contributed by atoms with Crippen LogP contribution >= 0.6 is 0 Å². The quantitative estimate of drug-likeness (QED) is 0.313. The summed E-state index contributed by atoms with van der Waals surface area (Å²) in [6, 6.07) is 12.1. The van der Waals surface area contributed by atoms with E-state index in [1.54, 1.807) is 18.2 Å². The van der Waals surface area contributed by atoms with Crippen LogP contribution in [0.3, 0.4) is 0 Å². The summed E-state index contributed by atoms with van der Waals surface area (Å²) in [4.78, 5) is 13.3. The lowest BCUT2D eigenvalue weighted by atomic mass is 9.93. The number of hydrogen-bond donors (Lipinski definition) is 2. The Kier molecular flexibility index (Phi) is 6.25. The maximum absolute atomic E-state index is 15.6. The Hall–Kier alpha value is -4.48. The molecule has 38 heavy (non-hydrogen) atoms. The van der Waals surface area contributed by atoms with Crippen molar-refractivity contribution in [3.05, 3.63) is 71.5 Å². The first-order valence-corrected chi connectivity index (χ1v) is 11.5. The normalized spacial score (nSPS) is 14.2. The summed E-state index contributed by atoms with van der Waals surface area (Å²) < 4.78 is 65.1. The van der Waals surface area contributed by atoms with E-state index in [1.165, 1.54) is 38.5 Å². The first-order chi connectivity index (χ1) is 18.2. The lowest BCUT2D eigenvalue weighted by molar-refractivity contribution is -0.137. The Balaban J connectivity index is 1.50. The van der Waals surface area contributed by atoms with E-state index < -0.39 is 28.9 Å². The molecule has 8 nitrogen and oxygen atoms in total. The van der Waals surface area contributed by atoms with Gasteiger partial charge < -0.3 is 14.8 Å². The number of hydrogen-bond acceptors (Lipinski definition) is 6. The topological polar surface area (TPSA) is 102 Å². The number of H-pyrrole nitrogens is 1. The Morgan fingerprint density at radius 2 is 1.71 bits per heavy atom. The van der Waals surface area contributed by atoms with Gasteiger partial charge in [-0.2, -0.15) is 13.2 Å². The van der Waals surface area contributed by atoms with E-state index in [1.807, 2.05) is 0 Å². The predicted molar refractivity (Wildman–Crippen MR) is 129 cm³/mol. The minimum absolute atomic E-state index is 0.140. The number of aromatic amines is 1. The molecule has 0 aliphatic heterocycles. The maximum Gasteiger partial charge on any atom is 0.416 e. The molecule has 2 N–H and O–H groups in total. The molecule has 1 heterocycles. The molecule has 0 unspecified atom stereocenters. The third-order valence-electron chi connectivity index (χ3n) is 6.57. The van der Waals surface area contributed by atoms with Gasteiger partial charge in [0.2, 0.25) is 5.91 Å². The van der Waals surface area contributed by atoms with Crippen LogP contribution in [0, 0.1) is 5.82 Å². The van der Waals surface area contributed by atoms with Crippen LogP contribution in [0.4, 0.5) is 23.2 Å². The zero-order chi connectivity index (χ0) is 27.1. The molecule has 12 heteroatoms. The highest BCUT2D eigenvalue weighted by molar-refractivity contribution is 6.02. The largest absolute Gasteiger partial charge is 0.493 e. The highest BCUT2D eigenvalue weighted by atomic mass is 19.4. The van der Waals surface area contributed by atoms with Crippen LogP contribution in [0.5, 0.6) is 11.5 Å². The van der Waals surface area contributed by atoms with Crippen LogP contribution in [-0.2, 0) is 16.4 Å². The van der Waals surface area contributed by atoms with E-state index in [0.29, 0.717) is 35.5 Å². The van der Waals surface area contributed by atoms with Crippen molar-refractivity contribution in [3.8, 4) is 34.0 Å². The van der Waals surface area contributed by atoms with Crippen LogP contribution in [0.25, 0.3) is 22.5 Å². The molecule has 3 aromatic carbocycles. The van der Waals surface area contributed by atoms with Crippen molar-refractivity contribution in [1.82, 2.24) is 20.6 Å². The summed E-state index contributed by atoms with van der Waals surface area (Å²) in [6.07, 6.45) is -3.57. The number of nitrogens with zero attached hydrogens (tertiary/aromatic N) is 3. The summed E-state index contributed by atoms with van der Waals surface area (Å²) >= 11 is 0. The number of amides is 1. The highest BCUT2D eigenvalue weighted by Gasteiger charge is 2.51. The molecular formula is C26H21F4N5O3. The first-order valence-electron chi connectivity index (χ1n) is 11.5. The minimum atomic E-state index is -4.48. The number of nitrogens with one attached hydrogen (secondary N) is 2. The van der Waals surface area contributed by atoms with Crippen molar-refractivity contribution >= 4 is 11.6 Å². The number of halogens is 4. The molecule has 196 valence electrons. The number of aromatic nitrogens is 4. The average Bonchev–Trinajstić information content (AvgIpc) is 3.54. The van der Waals surface area contributed by atoms with Crippen molar-refractivity contribution in [2.24, 2.45) is 0 Å². The molecule has 0 spiro atoms. The van der Waals surface area contributed by atoms with E-state index >= 15 is 4.39 Å². The van der Waals surface area contributed by atoms with Crippen LogP contribution in [0.1, 0.15) is 24.0 Å². The molecule has 1 amide bonds. The molecule has 1 aliphatic rings. The summed E-state index contributed by atoms with van der Waals surface area (Å²) in [5.74, 6) is -0.108. The van der Waals surface area contributed by atoms with Crippen LogP contribution in [0.15, 0.2) is 54.6 Å². The number of benzene rings is 3. The summed E-state index contributed by atoms with van der Waals surface area (Å²) in [5, 5.41) is 16.4. The zero-order valence-corrected chi connectivity index (χ0v) is 20.2. The first kappa shape index (κ1) is 25.2. The average molecular weight is 527 g/mol. The number of carbonyl (C=O) groups excluding carboxylic acids is 1. The van der Waals surface area contributed by atoms with Crippen LogP contribution < -0.4 is 14.8 Å². The number of methoxy groups -OCH3 is 2. The molecule has 4 aromatic rings. The SMILES string of the molecule is COc1ccc(-c2c(F)cc(NC(=O)C3(c4ccc(C(F)(F)F)cc4)CC3)cc2-c2nnn[nH]2)cc1OC. The van der Waals surface area contributed by atoms with Crippen molar-refractivity contribution in [1.29, 1.82) is 0 Å². The molecule has 5 rings (SSSR count). The second-order valence-corrected chi connectivity index (χ2v) is 8.81. The molecule has 1 fully saturated rings. The van der Waals surface area contributed by atoms with Crippen LogP contribution in [0.2, 0.25) is 0 Å². The van der Waals surface area contributed by atoms with Crippen molar-refractivity contribution in [2.45, 2.75) is 24.4 Å². The molecular weight excluding hydrogens is 506 g/mol. The molecule has 1 aromatic heterocycles. The number of tetrazole rings is 1. The fraction of sp³-hybridized carbons (Fsp3) is 0.231. The third-order valence-corrected chi connectivity index (χ3v) is 6.57. The minimum Gasteiger partial charge on any atom is -0.493 e. The molecule has 1 aliphatic carbocycles. The monoisotopic (exact) mass is 527 g/mol. The van der Waals surface area contributed by atoms with Crippen molar-refractivity contribution in [2.75, 3.05) is 19.5 Å². The van der Waals surface area contributed by atoms with Gasteiger partial charge in [0, 0.05) is 16.8 Å². The van der Waals surface area contributed by atoms with Crippen molar-refractivity contribution < 1.29 is 31.8 Å². The molecule has 0 atom stereocenters. The van der Waals surface area contributed by atoms with E-state index in [2.05, 4.69) is 25.9 Å². The van der Waals surface area contributed by atoms with E-state index in [0.717, 1.165) is 12.1 Å². The molecule has 1 saturated carbocycles. The van der Waals surface area contributed by atoms with Gasteiger partial charge >= 0.3 is 6.18 Å². The Morgan fingerprint density at radius 1 is 1.00 bits per heavy atom. The van der Waals surface area contributed by atoms with E-state index in [4.69, 9.17) is 9.47 Å². The van der Waals surface area contributed by atoms with Crippen LogP contribution in [-0.4, -0.2) is 40.8 Å².